The fourth-order valence-electron chi connectivity index (χ4n) is 4.31. The lowest BCUT2D eigenvalue weighted by Gasteiger charge is -2.36. The molecule has 6 nitrogen and oxygen atoms in total. The number of amides is 1. The lowest BCUT2D eigenvalue weighted by atomic mass is 9.91. The summed E-state index contributed by atoms with van der Waals surface area (Å²) >= 11 is 0. The van der Waals surface area contributed by atoms with E-state index in [2.05, 4.69) is 16.3 Å². The van der Waals surface area contributed by atoms with Gasteiger partial charge in [-0.05, 0) is 37.5 Å². The fourth-order valence-corrected chi connectivity index (χ4v) is 4.31. The quantitative estimate of drug-likeness (QED) is 0.877. The number of nitrogens with one attached hydrogen (secondary N) is 1. The topological polar surface area (TPSA) is 68.6 Å². The summed E-state index contributed by atoms with van der Waals surface area (Å²) in [5.41, 5.74) is 0.590. The Kier molecular flexibility index (Phi) is 5.61. The molecule has 1 N–H and O–H groups in total. The molecule has 2 atom stereocenters. The molecule has 1 aliphatic carbocycles. The van der Waals surface area contributed by atoms with Gasteiger partial charge in [0.05, 0.1) is 17.7 Å². The lowest BCUT2D eigenvalue weighted by Crippen LogP contribution is -2.46. The van der Waals surface area contributed by atoms with Crippen LogP contribution in [0.15, 0.2) is 24.3 Å². The van der Waals surface area contributed by atoms with Gasteiger partial charge in [0.25, 0.3) is 0 Å². The van der Waals surface area contributed by atoms with Crippen molar-refractivity contribution in [3.8, 4) is 11.8 Å². The Morgan fingerprint density at radius 1 is 1.19 bits per heavy atom. The van der Waals surface area contributed by atoms with E-state index in [1.807, 2.05) is 17.0 Å². The van der Waals surface area contributed by atoms with Crippen LogP contribution in [0.25, 0.3) is 0 Å². The largest absolute Gasteiger partial charge is 0.489 e. The summed E-state index contributed by atoms with van der Waals surface area (Å²) in [5.74, 6) is 0.905. The molecule has 144 valence electrons. The van der Waals surface area contributed by atoms with Crippen LogP contribution in [0, 0.1) is 11.3 Å². The Balaban J connectivity index is 1.29. The van der Waals surface area contributed by atoms with Gasteiger partial charge >= 0.3 is 0 Å². The summed E-state index contributed by atoms with van der Waals surface area (Å²) in [4.78, 5) is 17.6. The van der Waals surface area contributed by atoms with Crippen molar-refractivity contribution < 1.29 is 9.53 Å². The van der Waals surface area contributed by atoms with E-state index in [1.54, 1.807) is 12.1 Å². The maximum atomic E-state index is 13.0. The van der Waals surface area contributed by atoms with Gasteiger partial charge < -0.3 is 15.0 Å². The minimum absolute atomic E-state index is 0.0358. The molecule has 1 aromatic carbocycles. The van der Waals surface area contributed by atoms with Gasteiger partial charge in [-0.25, -0.2) is 0 Å². The van der Waals surface area contributed by atoms with Gasteiger partial charge in [0.2, 0.25) is 5.91 Å². The highest BCUT2D eigenvalue weighted by molar-refractivity contribution is 5.82. The fraction of sp³-hybridized carbons (Fsp3) is 0.619. The van der Waals surface area contributed by atoms with Crippen molar-refractivity contribution in [3.05, 3.63) is 29.8 Å². The Bertz CT molecular complexity index is 712. The molecule has 2 heterocycles. The third kappa shape index (κ3) is 4.26. The lowest BCUT2D eigenvalue weighted by molar-refractivity contribution is -0.133. The molecule has 3 aliphatic rings. The molecule has 1 aromatic rings. The van der Waals surface area contributed by atoms with E-state index in [9.17, 15) is 4.79 Å². The third-order valence-electron chi connectivity index (χ3n) is 6.09. The molecule has 1 saturated carbocycles. The van der Waals surface area contributed by atoms with Crippen LogP contribution in [-0.2, 0) is 4.79 Å². The molecule has 6 heteroatoms. The number of nitrogens with zero attached hydrogens (tertiary/aromatic N) is 3. The number of rotatable bonds is 4. The summed E-state index contributed by atoms with van der Waals surface area (Å²) in [6.45, 7) is 4.48. The third-order valence-corrected chi connectivity index (χ3v) is 6.09. The highest BCUT2D eigenvalue weighted by Gasteiger charge is 2.35. The average molecular weight is 368 g/mol. The summed E-state index contributed by atoms with van der Waals surface area (Å²) in [5, 5.41) is 12.3. The molecular weight excluding hydrogens is 340 g/mol. The van der Waals surface area contributed by atoms with E-state index < -0.39 is 0 Å². The zero-order chi connectivity index (χ0) is 18.6. The molecule has 0 unspecified atom stereocenters. The van der Waals surface area contributed by atoms with Crippen LogP contribution in [-0.4, -0.2) is 66.6 Å². The number of carbonyl (C=O) groups excluding carboxylic acids is 1. The molecule has 1 amide bonds. The monoisotopic (exact) mass is 368 g/mol. The van der Waals surface area contributed by atoms with Gasteiger partial charge in [0, 0.05) is 45.2 Å². The number of ether oxygens (including phenoxy) is 1. The first kappa shape index (κ1) is 18.3. The Morgan fingerprint density at radius 2 is 2.07 bits per heavy atom. The predicted octanol–water partition coefficient (Wildman–Crippen LogP) is 1.75. The van der Waals surface area contributed by atoms with Crippen molar-refractivity contribution in [1.82, 2.24) is 15.1 Å². The van der Waals surface area contributed by atoms with E-state index in [0.29, 0.717) is 24.3 Å². The Hall–Kier alpha value is -2.10. The van der Waals surface area contributed by atoms with Crippen molar-refractivity contribution >= 4 is 5.91 Å². The van der Waals surface area contributed by atoms with Crippen LogP contribution in [0.4, 0.5) is 0 Å². The molecule has 27 heavy (non-hydrogen) atoms. The number of benzene rings is 1. The smallest absolute Gasteiger partial charge is 0.239 e. The van der Waals surface area contributed by atoms with E-state index in [4.69, 9.17) is 10.00 Å². The maximum absolute atomic E-state index is 13.0. The van der Waals surface area contributed by atoms with Crippen LogP contribution < -0.4 is 10.1 Å². The zero-order valence-electron chi connectivity index (χ0n) is 15.8. The van der Waals surface area contributed by atoms with Crippen LogP contribution in [0.3, 0.4) is 0 Å². The highest BCUT2D eigenvalue weighted by atomic mass is 16.5. The van der Waals surface area contributed by atoms with E-state index >= 15 is 0 Å². The van der Waals surface area contributed by atoms with Gasteiger partial charge in [-0.1, -0.05) is 12.5 Å². The summed E-state index contributed by atoms with van der Waals surface area (Å²) in [6, 6.07) is 9.92. The highest BCUT2D eigenvalue weighted by Crippen LogP contribution is 2.26. The Labute approximate surface area is 161 Å². The van der Waals surface area contributed by atoms with Crippen molar-refractivity contribution in [3.63, 3.8) is 0 Å². The number of hydrogen-bond acceptors (Lipinski definition) is 5. The maximum Gasteiger partial charge on any atom is 0.239 e. The summed E-state index contributed by atoms with van der Waals surface area (Å²) in [6.07, 6.45) is 5.71. The van der Waals surface area contributed by atoms with Gasteiger partial charge in [-0.2, -0.15) is 5.26 Å². The Morgan fingerprint density at radius 3 is 2.85 bits per heavy atom. The first-order valence-corrected chi connectivity index (χ1v) is 10.2. The SMILES string of the molecule is N#Cc1cccc(O[C@@H]2CN[C@@H](C(=O)N3CCCN(C4CCC4)CC3)C2)c1. The van der Waals surface area contributed by atoms with Gasteiger partial charge in [-0.15, -0.1) is 0 Å². The van der Waals surface area contributed by atoms with Crippen LogP contribution in [0.2, 0.25) is 0 Å². The van der Waals surface area contributed by atoms with E-state index in [0.717, 1.165) is 38.6 Å². The van der Waals surface area contributed by atoms with Crippen molar-refractivity contribution in [2.24, 2.45) is 0 Å². The average Bonchev–Trinajstić information content (AvgIpc) is 2.97. The molecule has 2 saturated heterocycles. The first-order valence-electron chi connectivity index (χ1n) is 10.2. The molecule has 2 aliphatic heterocycles. The minimum Gasteiger partial charge on any atom is -0.489 e. The van der Waals surface area contributed by atoms with Gasteiger partial charge in [0.15, 0.2) is 0 Å². The molecule has 4 rings (SSSR count). The number of hydrogen-bond donors (Lipinski definition) is 1. The van der Waals surface area contributed by atoms with Crippen molar-refractivity contribution in [1.29, 1.82) is 5.26 Å². The minimum atomic E-state index is -0.163. The molecule has 0 spiro atoms. The second-order valence-electron chi connectivity index (χ2n) is 7.88. The molecule has 0 bridgehead atoms. The van der Waals surface area contributed by atoms with Crippen LogP contribution >= 0.6 is 0 Å². The van der Waals surface area contributed by atoms with Gasteiger partial charge in [-0.3, -0.25) is 9.69 Å². The van der Waals surface area contributed by atoms with E-state index in [1.165, 1.54) is 19.3 Å². The second-order valence-corrected chi connectivity index (χ2v) is 7.88. The predicted molar refractivity (Wildman–Crippen MR) is 102 cm³/mol. The molecular formula is C21H28N4O2. The standard InChI is InChI=1S/C21H28N4O2/c22-14-16-4-1-7-18(12-16)27-19-13-20(23-15-19)21(26)25-9-3-8-24(10-11-25)17-5-2-6-17/h1,4,7,12,17,19-20,23H,2-3,5-6,8-11,13,15H2/t19-,20+/m0/s1. The molecule has 0 radical (unpaired) electrons. The summed E-state index contributed by atoms with van der Waals surface area (Å²) < 4.78 is 5.99. The zero-order valence-corrected chi connectivity index (χ0v) is 15.8. The van der Waals surface area contributed by atoms with Gasteiger partial charge in [0.1, 0.15) is 11.9 Å². The van der Waals surface area contributed by atoms with Crippen LogP contribution in [0.5, 0.6) is 5.75 Å². The van der Waals surface area contributed by atoms with Crippen molar-refractivity contribution in [2.75, 3.05) is 32.7 Å². The normalized spacial score (nSPS) is 26.9. The van der Waals surface area contributed by atoms with E-state index in [-0.39, 0.29) is 18.1 Å². The first-order chi connectivity index (χ1) is 13.2. The van der Waals surface area contributed by atoms with Crippen LogP contribution in [0.1, 0.15) is 37.7 Å². The number of carbonyl (C=O) groups is 1. The summed E-state index contributed by atoms with van der Waals surface area (Å²) in [7, 11) is 0. The second kappa shape index (κ2) is 8.28. The molecule has 0 aromatic heterocycles. The number of nitriles is 1. The van der Waals surface area contributed by atoms with Crippen molar-refractivity contribution in [2.45, 2.75) is 50.3 Å². The molecule has 3 fully saturated rings.